The van der Waals surface area contributed by atoms with Crippen LogP contribution in [0, 0.1) is 0 Å². The van der Waals surface area contributed by atoms with Crippen LogP contribution in [0.4, 0.5) is 0 Å². The van der Waals surface area contributed by atoms with Crippen molar-refractivity contribution in [2.45, 2.75) is 38.8 Å². The molecule has 1 aromatic heterocycles. The molecule has 0 aliphatic rings. The van der Waals surface area contributed by atoms with E-state index in [2.05, 4.69) is 6.92 Å². The molecule has 4 nitrogen and oxygen atoms in total. The Morgan fingerprint density at radius 2 is 2.21 bits per heavy atom. The highest BCUT2D eigenvalue weighted by Crippen LogP contribution is 1.99. The van der Waals surface area contributed by atoms with Crippen LogP contribution in [0.2, 0.25) is 0 Å². The van der Waals surface area contributed by atoms with Crippen LogP contribution in [0.25, 0.3) is 0 Å². The lowest BCUT2D eigenvalue weighted by molar-refractivity contribution is 0.516. The fourth-order valence-electron chi connectivity index (χ4n) is 1.41. The van der Waals surface area contributed by atoms with E-state index in [0.717, 1.165) is 25.8 Å². The Labute approximate surface area is 84.3 Å². The van der Waals surface area contributed by atoms with Crippen LogP contribution in [-0.2, 0) is 13.6 Å². The highest BCUT2D eigenvalue weighted by atomic mass is 16.1. The third kappa shape index (κ3) is 2.73. The first-order valence-electron chi connectivity index (χ1n) is 5.12. The molecule has 1 atom stereocenters. The maximum atomic E-state index is 11.4. The van der Waals surface area contributed by atoms with Gasteiger partial charge in [0.15, 0.2) is 0 Å². The second-order valence-electron chi connectivity index (χ2n) is 3.70. The minimum absolute atomic E-state index is 0.0510. The number of imidazole rings is 1. The summed E-state index contributed by atoms with van der Waals surface area (Å²) in [4.78, 5) is 11.4. The van der Waals surface area contributed by atoms with Gasteiger partial charge in [0.1, 0.15) is 0 Å². The zero-order chi connectivity index (χ0) is 10.6. The van der Waals surface area contributed by atoms with Gasteiger partial charge in [0, 0.05) is 32.0 Å². The highest BCUT2D eigenvalue weighted by molar-refractivity contribution is 4.79. The van der Waals surface area contributed by atoms with E-state index >= 15 is 0 Å². The van der Waals surface area contributed by atoms with Gasteiger partial charge in [0.05, 0.1) is 0 Å². The molecule has 0 fully saturated rings. The molecule has 0 saturated carbocycles. The first kappa shape index (κ1) is 11.0. The van der Waals surface area contributed by atoms with Crippen LogP contribution in [0.15, 0.2) is 17.2 Å². The zero-order valence-electron chi connectivity index (χ0n) is 8.94. The molecule has 0 spiro atoms. The Morgan fingerprint density at radius 3 is 2.71 bits per heavy atom. The lowest BCUT2D eigenvalue weighted by Gasteiger charge is -2.07. The monoisotopic (exact) mass is 197 g/mol. The van der Waals surface area contributed by atoms with Gasteiger partial charge in [0.25, 0.3) is 0 Å². The Kier molecular flexibility index (Phi) is 3.95. The molecule has 14 heavy (non-hydrogen) atoms. The Hall–Kier alpha value is -1.03. The van der Waals surface area contributed by atoms with Gasteiger partial charge in [0.2, 0.25) is 0 Å². The maximum Gasteiger partial charge on any atom is 0.327 e. The van der Waals surface area contributed by atoms with Gasteiger partial charge >= 0.3 is 5.69 Å². The summed E-state index contributed by atoms with van der Waals surface area (Å²) in [5.74, 6) is 0. The predicted molar refractivity (Wildman–Crippen MR) is 57.2 cm³/mol. The predicted octanol–water partition coefficient (Wildman–Crippen LogP) is 0.704. The second kappa shape index (κ2) is 5.00. The summed E-state index contributed by atoms with van der Waals surface area (Å²) < 4.78 is 3.31. The third-order valence-electron chi connectivity index (χ3n) is 2.52. The average Bonchev–Trinajstić information content (AvgIpc) is 2.49. The van der Waals surface area contributed by atoms with Gasteiger partial charge in [-0.2, -0.15) is 0 Å². The van der Waals surface area contributed by atoms with Gasteiger partial charge in [-0.25, -0.2) is 4.79 Å². The van der Waals surface area contributed by atoms with Crippen LogP contribution in [0.1, 0.15) is 26.2 Å². The molecule has 80 valence electrons. The second-order valence-corrected chi connectivity index (χ2v) is 3.70. The number of rotatable bonds is 5. The minimum atomic E-state index is 0.0510. The van der Waals surface area contributed by atoms with Crippen molar-refractivity contribution in [1.82, 2.24) is 9.13 Å². The molecule has 0 aliphatic carbocycles. The SMILES string of the molecule is CCC(N)CCCn1ccn(C)c1=O. The van der Waals surface area contributed by atoms with Crippen LogP contribution in [0.5, 0.6) is 0 Å². The number of aromatic nitrogens is 2. The van der Waals surface area contributed by atoms with Crippen molar-refractivity contribution in [1.29, 1.82) is 0 Å². The quantitative estimate of drug-likeness (QED) is 0.755. The fourth-order valence-corrected chi connectivity index (χ4v) is 1.41. The van der Waals surface area contributed by atoms with Crippen molar-refractivity contribution in [3.63, 3.8) is 0 Å². The molecule has 1 heterocycles. The van der Waals surface area contributed by atoms with E-state index in [4.69, 9.17) is 5.73 Å². The summed E-state index contributed by atoms with van der Waals surface area (Å²) in [6.07, 6.45) is 6.56. The average molecular weight is 197 g/mol. The van der Waals surface area contributed by atoms with E-state index in [9.17, 15) is 4.79 Å². The van der Waals surface area contributed by atoms with Gasteiger partial charge in [-0.15, -0.1) is 0 Å². The summed E-state index contributed by atoms with van der Waals surface area (Å²) >= 11 is 0. The summed E-state index contributed by atoms with van der Waals surface area (Å²) in [6, 6.07) is 0.273. The number of aryl methyl sites for hydroxylation is 2. The Morgan fingerprint density at radius 1 is 1.50 bits per heavy atom. The first-order valence-corrected chi connectivity index (χ1v) is 5.12. The number of hydrogen-bond donors (Lipinski definition) is 1. The molecule has 0 saturated heterocycles. The minimum Gasteiger partial charge on any atom is -0.328 e. The van der Waals surface area contributed by atoms with Crippen molar-refractivity contribution < 1.29 is 0 Å². The van der Waals surface area contributed by atoms with E-state index in [-0.39, 0.29) is 11.7 Å². The summed E-state index contributed by atoms with van der Waals surface area (Å²) in [7, 11) is 1.76. The molecule has 1 aromatic rings. The largest absolute Gasteiger partial charge is 0.328 e. The summed E-state index contributed by atoms with van der Waals surface area (Å²) in [5, 5.41) is 0. The zero-order valence-corrected chi connectivity index (χ0v) is 8.94. The molecule has 1 unspecified atom stereocenters. The van der Waals surface area contributed by atoms with E-state index in [1.165, 1.54) is 0 Å². The first-order chi connectivity index (χ1) is 6.65. The molecule has 0 bridgehead atoms. The van der Waals surface area contributed by atoms with E-state index < -0.39 is 0 Å². The van der Waals surface area contributed by atoms with Gasteiger partial charge in [-0.05, 0) is 19.3 Å². The molecule has 2 N–H and O–H groups in total. The topological polar surface area (TPSA) is 52.9 Å². The van der Waals surface area contributed by atoms with Gasteiger partial charge in [-0.3, -0.25) is 4.57 Å². The van der Waals surface area contributed by atoms with Crippen molar-refractivity contribution in [3.8, 4) is 0 Å². The fraction of sp³-hybridized carbons (Fsp3) is 0.700. The van der Waals surface area contributed by atoms with E-state index in [1.807, 2.05) is 6.20 Å². The summed E-state index contributed by atoms with van der Waals surface area (Å²) in [6.45, 7) is 2.85. The van der Waals surface area contributed by atoms with Gasteiger partial charge < -0.3 is 10.3 Å². The van der Waals surface area contributed by atoms with Crippen molar-refractivity contribution >= 4 is 0 Å². The smallest absolute Gasteiger partial charge is 0.327 e. The van der Waals surface area contributed by atoms with Crippen LogP contribution in [0.3, 0.4) is 0 Å². The molecule has 0 aliphatic heterocycles. The molecular formula is C10H19N3O. The molecule has 1 rings (SSSR count). The molecule has 4 heteroatoms. The van der Waals surface area contributed by atoms with E-state index in [0.29, 0.717) is 0 Å². The van der Waals surface area contributed by atoms with Crippen LogP contribution in [-0.4, -0.2) is 15.2 Å². The normalized spacial score (nSPS) is 13.1. The Bertz CT molecular complexity index is 326. The lowest BCUT2D eigenvalue weighted by Crippen LogP contribution is -2.23. The highest BCUT2D eigenvalue weighted by Gasteiger charge is 2.01. The van der Waals surface area contributed by atoms with E-state index in [1.54, 1.807) is 22.4 Å². The number of hydrogen-bond acceptors (Lipinski definition) is 2. The molecular weight excluding hydrogens is 178 g/mol. The third-order valence-corrected chi connectivity index (χ3v) is 2.52. The van der Waals surface area contributed by atoms with Crippen LogP contribution >= 0.6 is 0 Å². The van der Waals surface area contributed by atoms with Crippen molar-refractivity contribution in [3.05, 3.63) is 22.9 Å². The van der Waals surface area contributed by atoms with Crippen LogP contribution < -0.4 is 11.4 Å². The molecule has 0 amide bonds. The lowest BCUT2D eigenvalue weighted by atomic mass is 10.1. The standard InChI is InChI=1S/C10H19N3O/c1-3-9(11)5-4-6-13-8-7-12(2)10(13)14/h7-9H,3-6,11H2,1-2H3. The molecule has 0 radical (unpaired) electrons. The number of nitrogens with zero attached hydrogens (tertiary/aromatic N) is 2. The number of nitrogens with two attached hydrogens (primary N) is 1. The summed E-state index contributed by atoms with van der Waals surface area (Å²) in [5.41, 5.74) is 5.84. The molecule has 0 aromatic carbocycles. The Balaban J connectivity index is 2.39. The van der Waals surface area contributed by atoms with Crippen molar-refractivity contribution in [2.24, 2.45) is 12.8 Å². The maximum absolute atomic E-state index is 11.4. The van der Waals surface area contributed by atoms with Gasteiger partial charge in [-0.1, -0.05) is 6.92 Å². The van der Waals surface area contributed by atoms with Crippen molar-refractivity contribution in [2.75, 3.05) is 0 Å².